The Morgan fingerprint density at radius 1 is 1.17 bits per heavy atom. The highest BCUT2D eigenvalue weighted by atomic mass is 19.1. The first-order chi connectivity index (χ1) is 14.4. The number of nitrogens with zero attached hydrogens (tertiary/aromatic N) is 1. The number of halogens is 1. The molecule has 0 aliphatic rings. The highest BCUT2D eigenvalue weighted by molar-refractivity contribution is 5.97. The van der Waals surface area contributed by atoms with Crippen molar-refractivity contribution >= 4 is 17.7 Å². The van der Waals surface area contributed by atoms with Crippen LogP contribution in [0.3, 0.4) is 0 Å². The molecule has 0 saturated carbocycles. The van der Waals surface area contributed by atoms with Gasteiger partial charge in [-0.05, 0) is 23.3 Å². The molecule has 1 atom stereocenters. The number of nitrogens with one attached hydrogen (secondary N) is 3. The van der Waals surface area contributed by atoms with Gasteiger partial charge >= 0.3 is 0 Å². The van der Waals surface area contributed by atoms with Crippen molar-refractivity contribution in [1.29, 1.82) is 5.26 Å². The summed E-state index contributed by atoms with van der Waals surface area (Å²) in [5.41, 5.74) is 8.23. The maximum atomic E-state index is 14.6. The first kappa shape index (κ1) is 22.5. The standard InChI is InChI=1S/C20H20FN5O4/c21-16-10-14(19(28)25-17(11-23)20(29)26-30)5-6-15(16)13-3-1-12(2-4-13)9-18(27)24-8-7-22/h1-6,10,17,30H,8-9,11,23H2,(H,24,27)(H,25,28)(H,26,29)/t17-/m0/s1. The molecule has 9 nitrogen and oxygen atoms in total. The van der Waals surface area contributed by atoms with Crippen LogP contribution in [0.15, 0.2) is 42.5 Å². The molecule has 3 amide bonds. The molecule has 0 heterocycles. The summed E-state index contributed by atoms with van der Waals surface area (Å²) >= 11 is 0. The van der Waals surface area contributed by atoms with Crippen LogP contribution in [0.25, 0.3) is 11.1 Å². The van der Waals surface area contributed by atoms with Crippen LogP contribution < -0.4 is 21.8 Å². The van der Waals surface area contributed by atoms with E-state index < -0.39 is 23.7 Å². The van der Waals surface area contributed by atoms with Gasteiger partial charge < -0.3 is 16.4 Å². The number of carbonyl (C=O) groups excluding carboxylic acids is 3. The van der Waals surface area contributed by atoms with Crippen molar-refractivity contribution in [3.8, 4) is 17.2 Å². The Balaban J connectivity index is 2.11. The average Bonchev–Trinajstić information content (AvgIpc) is 2.75. The van der Waals surface area contributed by atoms with Gasteiger partial charge in [-0.25, -0.2) is 9.87 Å². The third kappa shape index (κ3) is 5.84. The molecular formula is C20H20FN5O4. The van der Waals surface area contributed by atoms with Crippen LogP contribution in [0.5, 0.6) is 0 Å². The number of nitrogens with two attached hydrogens (primary N) is 1. The topological polar surface area (TPSA) is 157 Å². The molecular weight excluding hydrogens is 393 g/mol. The van der Waals surface area contributed by atoms with Crippen molar-refractivity contribution < 1.29 is 24.0 Å². The van der Waals surface area contributed by atoms with Gasteiger partial charge in [0.25, 0.3) is 11.8 Å². The molecule has 0 aliphatic heterocycles. The van der Waals surface area contributed by atoms with Crippen LogP contribution in [-0.4, -0.2) is 42.1 Å². The maximum absolute atomic E-state index is 14.6. The summed E-state index contributed by atoms with van der Waals surface area (Å²) in [5, 5.41) is 21.8. The van der Waals surface area contributed by atoms with E-state index in [1.807, 2.05) is 6.07 Å². The summed E-state index contributed by atoms with van der Waals surface area (Å²) in [6.07, 6.45) is 0.0906. The molecule has 2 aromatic rings. The second-order valence-corrected chi connectivity index (χ2v) is 6.24. The van der Waals surface area contributed by atoms with Gasteiger partial charge in [-0.15, -0.1) is 0 Å². The van der Waals surface area contributed by atoms with Crippen molar-refractivity contribution in [2.75, 3.05) is 13.1 Å². The van der Waals surface area contributed by atoms with E-state index in [-0.39, 0.29) is 36.5 Å². The molecule has 10 heteroatoms. The van der Waals surface area contributed by atoms with Gasteiger partial charge in [0.2, 0.25) is 5.91 Å². The Morgan fingerprint density at radius 2 is 1.87 bits per heavy atom. The molecule has 0 radical (unpaired) electrons. The predicted octanol–water partition coefficient (Wildman–Crippen LogP) is 0.237. The predicted molar refractivity (Wildman–Crippen MR) is 104 cm³/mol. The Kier molecular flexibility index (Phi) is 7.99. The smallest absolute Gasteiger partial charge is 0.267 e. The molecule has 0 saturated heterocycles. The monoisotopic (exact) mass is 413 g/mol. The van der Waals surface area contributed by atoms with E-state index in [4.69, 9.17) is 16.2 Å². The minimum absolute atomic E-state index is 0.0220. The van der Waals surface area contributed by atoms with E-state index in [2.05, 4.69) is 10.6 Å². The molecule has 6 N–H and O–H groups in total. The van der Waals surface area contributed by atoms with Crippen LogP contribution >= 0.6 is 0 Å². The molecule has 0 bridgehead atoms. The van der Waals surface area contributed by atoms with Crippen LogP contribution in [0.1, 0.15) is 15.9 Å². The number of benzene rings is 2. The quantitative estimate of drug-likeness (QED) is 0.237. The Labute approximate surface area is 171 Å². The summed E-state index contributed by atoms with van der Waals surface area (Å²) in [4.78, 5) is 35.2. The Hall–Kier alpha value is -3.81. The lowest BCUT2D eigenvalue weighted by molar-refractivity contribution is -0.130. The normalized spacial score (nSPS) is 11.1. The molecule has 2 rings (SSSR count). The SMILES string of the molecule is N#CCNC(=O)Cc1ccc(-c2ccc(C(=O)N[C@@H](CN)C(=O)NO)cc2F)cc1. The third-order valence-corrected chi connectivity index (χ3v) is 4.19. The zero-order chi connectivity index (χ0) is 22.1. The fourth-order valence-electron chi connectivity index (χ4n) is 2.63. The van der Waals surface area contributed by atoms with E-state index in [0.29, 0.717) is 11.1 Å². The second kappa shape index (κ2) is 10.7. The number of hydroxylamine groups is 1. The van der Waals surface area contributed by atoms with Crippen molar-refractivity contribution in [2.24, 2.45) is 5.73 Å². The summed E-state index contributed by atoms with van der Waals surface area (Å²) in [6.45, 7) is -0.321. The first-order valence-electron chi connectivity index (χ1n) is 8.87. The van der Waals surface area contributed by atoms with E-state index in [1.165, 1.54) is 17.6 Å². The summed E-state index contributed by atoms with van der Waals surface area (Å²) < 4.78 is 14.6. The second-order valence-electron chi connectivity index (χ2n) is 6.24. The highest BCUT2D eigenvalue weighted by Crippen LogP contribution is 2.24. The summed E-state index contributed by atoms with van der Waals surface area (Å²) in [7, 11) is 0. The molecule has 0 unspecified atom stereocenters. The molecule has 30 heavy (non-hydrogen) atoms. The van der Waals surface area contributed by atoms with Gasteiger partial charge in [-0.2, -0.15) is 5.26 Å². The third-order valence-electron chi connectivity index (χ3n) is 4.19. The van der Waals surface area contributed by atoms with Gasteiger partial charge in [-0.3, -0.25) is 19.6 Å². The van der Waals surface area contributed by atoms with Gasteiger partial charge in [0.05, 0.1) is 12.5 Å². The number of hydrogen-bond donors (Lipinski definition) is 5. The van der Waals surface area contributed by atoms with Crippen LogP contribution in [-0.2, 0) is 16.0 Å². The lowest BCUT2D eigenvalue weighted by Gasteiger charge is -2.15. The highest BCUT2D eigenvalue weighted by Gasteiger charge is 2.20. The zero-order valence-electron chi connectivity index (χ0n) is 15.8. The van der Waals surface area contributed by atoms with E-state index in [9.17, 15) is 18.8 Å². The zero-order valence-corrected chi connectivity index (χ0v) is 15.8. The fourth-order valence-corrected chi connectivity index (χ4v) is 2.63. The fraction of sp³-hybridized carbons (Fsp3) is 0.200. The largest absolute Gasteiger partial charge is 0.343 e. The number of hydrogen-bond acceptors (Lipinski definition) is 6. The minimum atomic E-state index is -1.16. The molecule has 156 valence electrons. The molecule has 0 fully saturated rings. The van der Waals surface area contributed by atoms with E-state index in [0.717, 1.165) is 6.07 Å². The molecule has 2 aromatic carbocycles. The van der Waals surface area contributed by atoms with Crippen LogP contribution in [0, 0.1) is 17.1 Å². The summed E-state index contributed by atoms with van der Waals surface area (Å²) in [6, 6.07) is 11.1. The lowest BCUT2D eigenvalue weighted by Crippen LogP contribution is -2.50. The lowest BCUT2D eigenvalue weighted by atomic mass is 10.0. The Morgan fingerprint density at radius 3 is 2.43 bits per heavy atom. The van der Waals surface area contributed by atoms with Crippen LogP contribution in [0.2, 0.25) is 0 Å². The van der Waals surface area contributed by atoms with Crippen molar-refractivity contribution in [1.82, 2.24) is 16.1 Å². The van der Waals surface area contributed by atoms with Crippen molar-refractivity contribution in [2.45, 2.75) is 12.5 Å². The summed E-state index contributed by atoms with van der Waals surface area (Å²) in [5.74, 6) is -2.56. The molecule has 0 aliphatic carbocycles. The average molecular weight is 413 g/mol. The Bertz CT molecular complexity index is 972. The van der Waals surface area contributed by atoms with Gasteiger partial charge in [-0.1, -0.05) is 30.3 Å². The van der Waals surface area contributed by atoms with Crippen LogP contribution in [0.4, 0.5) is 4.39 Å². The minimum Gasteiger partial charge on any atom is -0.343 e. The first-order valence-corrected chi connectivity index (χ1v) is 8.87. The number of rotatable bonds is 8. The van der Waals surface area contributed by atoms with E-state index >= 15 is 0 Å². The van der Waals surface area contributed by atoms with Crippen molar-refractivity contribution in [3.05, 3.63) is 59.4 Å². The van der Waals surface area contributed by atoms with E-state index in [1.54, 1.807) is 24.3 Å². The number of amides is 3. The van der Waals surface area contributed by atoms with Gasteiger partial charge in [0.1, 0.15) is 18.4 Å². The van der Waals surface area contributed by atoms with Crippen molar-refractivity contribution in [3.63, 3.8) is 0 Å². The number of nitriles is 1. The molecule has 0 spiro atoms. The van der Waals surface area contributed by atoms with Gasteiger partial charge in [0.15, 0.2) is 0 Å². The maximum Gasteiger partial charge on any atom is 0.267 e. The van der Waals surface area contributed by atoms with Gasteiger partial charge in [0, 0.05) is 17.7 Å². The number of carbonyl (C=O) groups is 3. The molecule has 0 aromatic heterocycles.